The van der Waals surface area contributed by atoms with Crippen molar-refractivity contribution < 1.29 is 9.47 Å². The molecular formula is C23H21N5O2. The molecule has 7 heteroatoms. The van der Waals surface area contributed by atoms with Gasteiger partial charge in [0, 0.05) is 5.69 Å². The molecule has 3 aromatic carbocycles. The van der Waals surface area contributed by atoms with E-state index in [9.17, 15) is 0 Å². The highest BCUT2D eigenvalue weighted by atomic mass is 16.5. The van der Waals surface area contributed by atoms with Gasteiger partial charge in [0.25, 0.3) is 0 Å². The third-order valence-electron chi connectivity index (χ3n) is 4.29. The Bertz CT molecular complexity index is 1090. The highest BCUT2D eigenvalue weighted by Gasteiger charge is 2.06. The smallest absolute Gasteiger partial charge is 0.249 e. The number of nitrogens with zero attached hydrogens (tertiary/aromatic N) is 3. The molecule has 0 bridgehead atoms. The summed E-state index contributed by atoms with van der Waals surface area (Å²) in [7, 11) is 1.62. The second-order valence-electron chi connectivity index (χ2n) is 6.41. The number of nitrogens with one attached hydrogen (secondary N) is 2. The summed E-state index contributed by atoms with van der Waals surface area (Å²) in [5.41, 5.74) is 2.76. The molecule has 1 aromatic heterocycles. The van der Waals surface area contributed by atoms with Gasteiger partial charge >= 0.3 is 0 Å². The summed E-state index contributed by atoms with van der Waals surface area (Å²) >= 11 is 0. The quantitative estimate of drug-likeness (QED) is 0.434. The maximum atomic E-state index is 5.82. The molecule has 0 saturated heterocycles. The minimum absolute atomic E-state index is 0.368. The maximum Gasteiger partial charge on any atom is 0.249 e. The van der Waals surface area contributed by atoms with E-state index in [1.165, 1.54) is 0 Å². The van der Waals surface area contributed by atoms with Crippen LogP contribution in [-0.4, -0.2) is 22.3 Å². The second-order valence-corrected chi connectivity index (χ2v) is 6.41. The molecule has 0 fully saturated rings. The minimum Gasteiger partial charge on any atom is -0.495 e. The van der Waals surface area contributed by atoms with Crippen LogP contribution in [0.25, 0.3) is 0 Å². The Morgan fingerprint density at radius 3 is 2.40 bits per heavy atom. The number of hydrogen-bond acceptors (Lipinski definition) is 7. The SMILES string of the molecule is COc1ccccc1Nc1nncc(Nc2ccc(OCc3ccccc3)cc2)n1. The van der Waals surface area contributed by atoms with Gasteiger partial charge in [0.2, 0.25) is 5.95 Å². The van der Waals surface area contributed by atoms with E-state index in [1.807, 2.05) is 78.9 Å². The van der Waals surface area contributed by atoms with Gasteiger partial charge in [-0.1, -0.05) is 42.5 Å². The van der Waals surface area contributed by atoms with Gasteiger partial charge in [-0.05, 0) is 42.0 Å². The van der Waals surface area contributed by atoms with E-state index in [1.54, 1.807) is 13.3 Å². The molecule has 0 unspecified atom stereocenters. The number of aromatic nitrogens is 3. The van der Waals surface area contributed by atoms with Crippen LogP contribution in [0.15, 0.2) is 85.1 Å². The molecule has 0 saturated carbocycles. The predicted molar refractivity (Wildman–Crippen MR) is 117 cm³/mol. The van der Waals surface area contributed by atoms with Crippen molar-refractivity contribution in [3.8, 4) is 11.5 Å². The van der Waals surface area contributed by atoms with E-state index >= 15 is 0 Å². The third-order valence-corrected chi connectivity index (χ3v) is 4.29. The summed E-state index contributed by atoms with van der Waals surface area (Å²) in [6.45, 7) is 0.529. The zero-order chi connectivity index (χ0) is 20.6. The fourth-order valence-corrected chi connectivity index (χ4v) is 2.81. The maximum absolute atomic E-state index is 5.82. The van der Waals surface area contributed by atoms with Gasteiger partial charge in [0.15, 0.2) is 5.82 Å². The van der Waals surface area contributed by atoms with Crippen LogP contribution in [0, 0.1) is 0 Å². The molecule has 1 heterocycles. The van der Waals surface area contributed by atoms with Crippen molar-refractivity contribution in [1.82, 2.24) is 15.2 Å². The molecule has 0 amide bonds. The van der Waals surface area contributed by atoms with Crippen molar-refractivity contribution in [3.05, 3.63) is 90.6 Å². The normalized spacial score (nSPS) is 10.3. The summed E-state index contributed by atoms with van der Waals surface area (Å²) in [4.78, 5) is 4.45. The lowest BCUT2D eigenvalue weighted by Crippen LogP contribution is -2.03. The summed E-state index contributed by atoms with van der Waals surface area (Å²) in [6, 6.07) is 25.3. The zero-order valence-electron chi connectivity index (χ0n) is 16.4. The van der Waals surface area contributed by atoms with E-state index in [0.717, 1.165) is 22.7 Å². The number of anilines is 4. The monoisotopic (exact) mass is 399 g/mol. The summed E-state index contributed by atoms with van der Waals surface area (Å²) < 4.78 is 11.2. The summed E-state index contributed by atoms with van der Waals surface area (Å²) in [5.74, 6) is 2.43. The molecule has 0 aliphatic carbocycles. The standard InChI is InChI=1S/C23H21N5O2/c1-29-21-10-6-5-9-20(21)26-23-27-22(15-24-28-23)25-18-11-13-19(14-12-18)30-16-17-7-3-2-4-8-17/h2-15H,16H2,1H3,(H2,25,26,27,28). The molecular weight excluding hydrogens is 378 g/mol. The van der Waals surface area contributed by atoms with Gasteiger partial charge in [-0.15, -0.1) is 5.10 Å². The van der Waals surface area contributed by atoms with Crippen LogP contribution in [0.1, 0.15) is 5.56 Å². The second kappa shape index (κ2) is 9.38. The molecule has 0 atom stereocenters. The highest BCUT2D eigenvalue weighted by molar-refractivity contribution is 5.63. The summed E-state index contributed by atoms with van der Waals surface area (Å²) in [5, 5.41) is 14.4. The predicted octanol–water partition coefficient (Wildman–Crippen LogP) is 4.95. The Kier molecular flexibility index (Phi) is 6.00. The largest absolute Gasteiger partial charge is 0.495 e. The Balaban J connectivity index is 1.39. The first kappa shape index (κ1) is 19.2. The molecule has 150 valence electrons. The van der Waals surface area contributed by atoms with Gasteiger partial charge in [0.05, 0.1) is 19.0 Å². The topological polar surface area (TPSA) is 81.2 Å². The lowest BCUT2D eigenvalue weighted by atomic mass is 10.2. The van der Waals surface area contributed by atoms with Gasteiger partial charge in [-0.2, -0.15) is 10.1 Å². The van der Waals surface area contributed by atoms with Crippen molar-refractivity contribution >= 4 is 23.1 Å². The van der Waals surface area contributed by atoms with Crippen LogP contribution in [0.4, 0.5) is 23.1 Å². The van der Waals surface area contributed by atoms with Crippen molar-refractivity contribution in [2.45, 2.75) is 6.61 Å². The highest BCUT2D eigenvalue weighted by Crippen LogP contribution is 2.26. The Morgan fingerprint density at radius 1 is 0.833 bits per heavy atom. The number of benzene rings is 3. The van der Waals surface area contributed by atoms with E-state index in [2.05, 4.69) is 25.8 Å². The van der Waals surface area contributed by atoms with Gasteiger partial charge in [-0.3, -0.25) is 0 Å². The Morgan fingerprint density at radius 2 is 1.60 bits per heavy atom. The van der Waals surface area contributed by atoms with Crippen molar-refractivity contribution in [3.63, 3.8) is 0 Å². The third kappa shape index (κ3) is 5.02. The zero-order valence-corrected chi connectivity index (χ0v) is 16.4. The first-order valence-corrected chi connectivity index (χ1v) is 9.44. The fourth-order valence-electron chi connectivity index (χ4n) is 2.81. The van der Waals surface area contributed by atoms with E-state index < -0.39 is 0 Å². The number of rotatable bonds is 8. The first-order chi connectivity index (χ1) is 14.8. The molecule has 4 rings (SSSR count). The fraction of sp³-hybridized carbons (Fsp3) is 0.0870. The number of hydrogen-bond donors (Lipinski definition) is 2. The Hall–Kier alpha value is -4.13. The number of para-hydroxylation sites is 2. The lowest BCUT2D eigenvalue weighted by molar-refractivity contribution is 0.306. The van der Waals surface area contributed by atoms with Crippen LogP contribution >= 0.6 is 0 Å². The van der Waals surface area contributed by atoms with Crippen LogP contribution in [0.5, 0.6) is 11.5 Å². The van der Waals surface area contributed by atoms with Crippen LogP contribution in [0.2, 0.25) is 0 Å². The van der Waals surface area contributed by atoms with Crippen molar-refractivity contribution in [1.29, 1.82) is 0 Å². The number of ether oxygens (including phenoxy) is 2. The molecule has 7 nitrogen and oxygen atoms in total. The number of methoxy groups -OCH3 is 1. The van der Waals surface area contributed by atoms with Crippen LogP contribution < -0.4 is 20.1 Å². The molecule has 0 spiro atoms. The average molecular weight is 399 g/mol. The van der Waals surface area contributed by atoms with Gasteiger partial charge in [0.1, 0.15) is 18.1 Å². The molecule has 0 aliphatic heterocycles. The molecule has 30 heavy (non-hydrogen) atoms. The van der Waals surface area contributed by atoms with Crippen LogP contribution in [-0.2, 0) is 6.61 Å². The van der Waals surface area contributed by atoms with Gasteiger partial charge in [-0.25, -0.2) is 0 Å². The van der Waals surface area contributed by atoms with E-state index in [4.69, 9.17) is 9.47 Å². The van der Waals surface area contributed by atoms with E-state index in [0.29, 0.717) is 24.1 Å². The molecule has 2 N–H and O–H groups in total. The van der Waals surface area contributed by atoms with E-state index in [-0.39, 0.29) is 0 Å². The Labute approximate surface area is 174 Å². The van der Waals surface area contributed by atoms with Crippen molar-refractivity contribution in [2.24, 2.45) is 0 Å². The summed E-state index contributed by atoms with van der Waals surface area (Å²) in [6.07, 6.45) is 1.56. The van der Waals surface area contributed by atoms with Crippen LogP contribution in [0.3, 0.4) is 0 Å². The molecule has 0 radical (unpaired) electrons. The first-order valence-electron chi connectivity index (χ1n) is 9.44. The molecule has 0 aliphatic rings. The lowest BCUT2D eigenvalue weighted by Gasteiger charge is -2.11. The average Bonchev–Trinajstić information content (AvgIpc) is 2.80. The molecule has 4 aromatic rings. The van der Waals surface area contributed by atoms with Gasteiger partial charge < -0.3 is 20.1 Å². The minimum atomic E-state index is 0.368. The van der Waals surface area contributed by atoms with Crippen molar-refractivity contribution in [2.75, 3.05) is 17.7 Å².